The van der Waals surface area contributed by atoms with Crippen LogP contribution in [0.25, 0.3) is 0 Å². The van der Waals surface area contributed by atoms with Crippen LogP contribution < -0.4 is 4.74 Å². The summed E-state index contributed by atoms with van der Waals surface area (Å²) in [5.41, 5.74) is 1.02. The van der Waals surface area contributed by atoms with E-state index in [1.807, 2.05) is 13.0 Å². The van der Waals surface area contributed by atoms with Gasteiger partial charge in [-0.25, -0.2) is 0 Å². The highest BCUT2D eigenvalue weighted by Crippen LogP contribution is 2.35. The van der Waals surface area contributed by atoms with Crippen molar-refractivity contribution in [3.63, 3.8) is 0 Å². The van der Waals surface area contributed by atoms with E-state index in [1.165, 1.54) is 0 Å². The smallest absolute Gasteiger partial charge is 0.311 e. The topological polar surface area (TPSA) is 26.3 Å². The number of carbonyl (C=O) groups is 1. The van der Waals surface area contributed by atoms with Gasteiger partial charge >= 0.3 is 5.97 Å². The van der Waals surface area contributed by atoms with Crippen molar-refractivity contribution in [2.24, 2.45) is 0 Å². The number of ether oxygens (including phenoxy) is 1. The minimum atomic E-state index is -0.165. The molecule has 1 aliphatic heterocycles. The van der Waals surface area contributed by atoms with Crippen LogP contribution in [0.4, 0.5) is 0 Å². The summed E-state index contributed by atoms with van der Waals surface area (Å²) >= 11 is 5.84. The van der Waals surface area contributed by atoms with Crippen molar-refractivity contribution >= 4 is 17.6 Å². The highest BCUT2D eigenvalue weighted by molar-refractivity contribution is 6.30. The summed E-state index contributed by atoms with van der Waals surface area (Å²) in [7, 11) is 0. The second kappa shape index (κ2) is 3.04. The average molecular weight is 197 g/mol. The Bertz CT molecular complexity index is 360. The van der Waals surface area contributed by atoms with Crippen molar-refractivity contribution < 1.29 is 9.53 Å². The zero-order valence-corrected chi connectivity index (χ0v) is 7.97. The molecule has 1 atom stereocenters. The first-order valence-corrected chi connectivity index (χ1v) is 4.55. The summed E-state index contributed by atoms with van der Waals surface area (Å²) < 4.78 is 5.06. The molecule has 0 bridgehead atoms. The summed E-state index contributed by atoms with van der Waals surface area (Å²) in [5.74, 6) is 0.686. The van der Waals surface area contributed by atoms with E-state index in [9.17, 15) is 4.79 Å². The van der Waals surface area contributed by atoms with Crippen molar-refractivity contribution in [1.82, 2.24) is 0 Å². The fraction of sp³-hybridized carbons (Fsp3) is 0.300. The van der Waals surface area contributed by atoms with E-state index < -0.39 is 0 Å². The first-order valence-electron chi connectivity index (χ1n) is 4.17. The first kappa shape index (κ1) is 8.57. The lowest BCUT2D eigenvalue weighted by atomic mass is 9.95. The van der Waals surface area contributed by atoms with E-state index in [2.05, 4.69) is 0 Å². The van der Waals surface area contributed by atoms with Crippen molar-refractivity contribution in [3.8, 4) is 5.75 Å². The van der Waals surface area contributed by atoms with Crippen LogP contribution in [0.15, 0.2) is 18.2 Å². The van der Waals surface area contributed by atoms with Crippen LogP contribution in [-0.4, -0.2) is 5.97 Å². The van der Waals surface area contributed by atoms with Gasteiger partial charge in [0, 0.05) is 5.02 Å². The van der Waals surface area contributed by atoms with Crippen molar-refractivity contribution in [3.05, 3.63) is 28.8 Å². The highest BCUT2D eigenvalue weighted by Gasteiger charge is 2.23. The van der Waals surface area contributed by atoms with Crippen molar-refractivity contribution in [1.29, 1.82) is 0 Å². The quantitative estimate of drug-likeness (QED) is 0.471. The Hall–Kier alpha value is -1.02. The Morgan fingerprint density at radius 2 is 2.31 bits per heavy atom. The number of fused-ring (bicyclic) bond motifs is 1. The Morgan fingerprint density at radius 1 is 1.54 bits per heavy atom. The lowest BCUT2D eigenvalue weighted by Gasteiger charge is -2.21. The molecule has 1 heterocycles. The zero-order chi connectivity index (χ0) is 9.42. The molecular weight excluding hydrogens is 188 g/mol. The van der Waals surface area contributed by atoms with E-state index >= 15 is 0 Å². The zero-order valence-electron chi connectivity index (χ0n) is 7.21. The van der Waals surface area contributed by atoms with Gasteiger partial charge < -0.3 is 4.74 Å². The Labute approximate surface area is 81.5 Å². The standard InChI is InChI=1S/C10H9ClO2/c1-6-4-10(12)13-9-3-2-7(11)5-8(6)9/h2-3,5-6H,4H2,1H3/t6-/m0/s1. The summed E-state index contributed by atoms with van der Waals surface area (Å²) in [6.45, 7) is 2.00. The van der Waals surface area contributed by atoms with Crippen LogP contribution in [0.1, 0.15) is 24.8 Å². The van der Waals surface area contributed by atoms with Gasteiger partial charge in [0.2, 0.25) is 0 Å². The fourth-order valence-corrected chi connectivity index (χ4v) is 1.70. The first-order chi connectivity index (χ1) is 6.16. The summed E-state index contributed by atoms with van der Waals surface area (Å²) in [4.78, 5) is 11.1. The Kier molecular flexibility index (Phi) is 2.00. The molecule has 0 fully saturated rings. The summed E-state index contributed by atoms with van der Waals surface area (Å²) in [5, 5.41) is 0.684. The van der Waals surface area contributed by atoms with Crippen LogP contribution in [0.5, 0.6) is 5.75 Å². The van der Waals surface area contributed by atoms with E-state index in [-0.39, 0.29) is 11.9 Å². The molecular formula is C10H9ClO2. The molecule has 0 unspecified atom stereocenters. The molecule has 68 valence electrons. The molecule has 2 rings (SSSR count). The molecule has 1 aromatic rings. The normalized spacial score (nSPS) is 20.8. The van der Waals surface area contributed by atoms with Crippen molar-refractivity contribution in [2.45, 2.75) is 19.3 Å². The van der Waals surface area contributed by atoms with Gasteiger partial charge in [-0.15, -0.1) is 0 Å². The Morgan fingerprint density at radius 3 is 3.08 bits per heavy atom. The van der Waals surface area contributed by atoms with Crippen LogP contribution in [0.2, 0.25) is 5.02 Å². The molecule has 0 saturated carbocycles. The molecule has 0 aromatic heterocycles. The van der Waals surface area contributed by atoms with E-state index in [0.29, 0.717) is 17.2 Å². The van der Waals surface area contributed by atoms with Crippen molar-refractivity contribution in [2.75, 3.05) is 0 Å². The van der Waals surface area contributed by atoms with Gasteiger partial charge in [-0.2, -0.15) is 0 Å². The second-order valence-corrected chi connectivity index (χ2v) is 3.70. The van der Waals surface area contributed by atoms with Gasteiger partial charge in [-0.1, -0.05) is 18.5 Å². The molecule has 3 heteroatoms. The number of halogens is 1. The van der Waals surface area contributed by atoms with Crippen LogP contribution >= 0.6 is 11.6 Å². The second-order valence-electron chi connectivity index (χ2n) is 3.26. The highest BCUT2D eigenvalue weighted by atomic mass is 35.5. The SMILES string of the molecule is C[C@H]1CC(=O)Oc2ccc(Cl)cc21. The maximum Gasteiger partial charge on any atom is 0.311 e. The van der Waals surface area contributed by atoms with Gasteiger partial charge in [0.05, 0.1) is 6.42 Å². The molecule has 13 heavy (non-hydrogen) atoms. The maximum absolute atomic E-state index is 11.1. The Balaban J connectivity index is 2.49. The fourth-order valence-electron chi connectivity index (χ4n) is 1.52. The number of esters is 1. The summed E-state index contributed by atoms with van der Waals surface area (Å²) in [6, 6.07) is 5.32. The van der Waals surface area contributed by atoms with Gasteiger partial charge in [-0.3, -0.25) is 4.79 Å². The van der Waals surface area contributed by atoms with Gasteiger partial charge in [0.1, 0.15) is 5.75 Å². The minimum absolute atomic E-state index is 0.165. The van der Waals surface area contributed by atoms with Crippen LogP contribution in [0.3, 0.4) is 0 Å². The third-order valence-corrected chi connectivity index (χ3v) is 2.43. The third kappa shape index (κ3) is 1.54. The molecule has 0 spiro atoms. The van der Waals surface area contributed by atoms with Gasteiger partial charge in [0.25, 0.3) is 0 Å². The third-order valence-electron chi connectivity index (χ3n) is 2.20. The molecule has 0 aliphatic carbocycles. The number of benzene rings is 1. The minimum Gasteiger partial charge on any atom is -0.426 e. The van der Waals surface area contributed by atoms with Crippen LogP contribution in [0, 0.1) is 0 Å². The lowest BCUT2D eigenvalue weighted by Crippen LogP contribution is -2.18. The molecule has 0 amide bonds. The predicted molar refractivity (Wildman–Crippen MR) is 50.1 cm³/mol. The molecule has 1 aliphatic rings. The number of carbonyl (C=O) groups excluding carboxylic acids is 1. The molecule has 0 N–H and O–H groups in total. The molecule has 0 radical (unpaired) electrons. The number of rotatable bonds is 0. The van der Waals surface area contributed by atoms with E-state index in [0.717, 1.165) is 5.56 Å². The maximum atomic E-state index is 11.1. The molecule has 0 saturated heterocycles. The lowest BCUT2D eigenvalue weighted by molar-refractivity contribution is -0.135. The largest absolute Gasteiger partial charge is 0.426 e. The van der Waals surface area contributed by atoms with Gasteiger partial charge in [0.15, 0.2) is 0 Å². The average Bonchev–Trinajstić information content (AvgIpc) is 2.06. The number of hydrogen-bond donors (Lipinski definition) is 0. The predicted octanol–water partition coefficient (Wildman–Crippen LogP) is 2.75. The summed E-state index contributed by atoms with van der Waals surface area (Å²) in [6.07, 6.45) is 0.438. The van der Waals surface area contributed by atoms with E-state index in [4.69, 9.17) is 16.3 Å². The monoisotopic (exact) mass is 196 g/mol. The number of hydrogen-bond acceptors (Lipinski definition) is 2. The van der Waals surface area contributed by atoms with Crippen LogP contribution in [-0.2, 0) is 4.79 Å². The molecule has 1 aromatic carbocycles. The van der Waals surface area contributed by atoms with E-state index in [1.54, 1.807) is 12.1 Å². The van der Waals surface area contributed by atoms with Gasteiger partial charge in [-0.05, 0) is 29.7 Å². The molecule has 2 nitrogen and oxygen atoms in total.